The second-order valence-corrected chi connectivity index (χ2v) is 5.50. The first-order valence-electron chi connectivity index (χ1n) is 6.94. The van der Waals surface area contributed by atoms with Gasteiger partial charge < -0.3 is 15.7 Å². The third-order valence-corrected chi connectivity index (χ3v) is 4.17. The Bertz CT molecular complexity index is 258. The third-order valence-electron chi connectivity index (χ3n) is 4.17. The van der Waals surface area contributed by atoms with E-state index in [1.807, 2.05) is 0 Å². The zero-order chi connectivity index (χ0) is 12.3. The van der Waals surface area contributed by atoms with Crippen molar-refractivity contribution in [3.8, 4) is 0 Å². The number of amides is 2. The molecule has 2 fully saturated rings. The Morgan fingerprint density at radius 3 is 2.53 bits per heavy atom. The van der Waals surface area contributed by atoms with E-state index < -0.39 is 0 Å². The van der Waals surface area contributed by atoms with Crippen molar-refractivity contribution in [2.45, 2.75) is 70.1 Å². The van der Waals surface area contributed by atoms with Gasteiger partial charge in [-0.05, 0) is 38.0 Å². The average Bonchev–Trinajstić information content (AvgIpc) is 2.77. The highest BCUT2D eigenvalue weighted by Gasteiger charge is 2.30. The van der Waals surface area contributed by atoms with Crippen LogP contribution in [0.15, 0.2) is 0 Å². The highest BCUT2D eigenvalue weighted by Crippen LogP contribution is 2.29. The second kappa shape index (κ2) is 5.71. The van der Waals surface area contributed by atoms with Gasteiger partial charge >= 0.3 is 6.03 Å². The van der Waals surface area contributed by atoms with E-state index in [1.165, 1.54) is 25.7 Å². The molecule has 0 aliphatic heterocycles. The Balaban J connectivity index is 1.71. The molecule has 17 heavy (non-hydrogen) atoms. The molecule has 1 atom stereocenters. The molecule has 2 rings (SSSR count). The number of rotatable bonds is 4. The van der Waals surface area contributed by atoms with Crippen molar-refractivity contribution in [1.29, 1.82) is 0 Å². The summed E-state index contributed by atoms with van der Waals surface area (Å²) in [6, 6.07) is 0.439. The van der Waals surface area contributed by atoms with Gasteiger partial charge in [-0.15, -0.1) is 0 Å². The monoisotopic (exact) mass is 240 g/mol. The lowest BCUT2D eigenvalue weighted by molar-refractivity contribution is 0.0659. The zero-order valence-electron chi connectivity index (χ0n) is 10.6. The molecule has 4 nitrogen and oxygen atoms in total. The van der Waals surface area contributed by atoms with Crippen LogP contribution < -0.4 is 10.6 Å². The fraction of sp³-hybridized carbons (Fsp3) is 0.923. The molecule has 2 amide bonds. The van der Waals surface area contributed by atoms with Gasteiger partial charge in [-0.25, -0.2) is 4.79 Å². The highest BCUT2D eigenvalue weighted by atomic mass is 16.3. The van der Waals surface area contributed by atoms with Crippen molar-refractivity contribution in [3.05, 3.63) is 0 Å². The lowest BCUT2D eigenvalue weighted by atomic mass is 9.90. The Hall–Kier alpha value is -0.770. The number of carbonyl (C=O) groups excluding carboxylic acids is 1. The summed E-state index contributed by atoms with van der Waals surface area (Å²) < 4.78 is 0. The molecule has 2 aliphatic rings. The molecule has 3 N–H and O–H groups in total. The summed E-state index contributed by atoms with van der Waals surface area (Å²) in [7, 11) is 0. The normalized spacial score (nSPS) is 30.7. The van der Waals surface area contributed by atoms with Crippen LogP contribution in [0.3, 0.4) is 0 Å². The summed E-state index contributed by atoms with van der Waals surface area (Å²) >= 11 is 0. The van der Waals surface area contributed by atoms with Gasteiger partial charge in [-0.3, -0.25) is 0 Å². The van der Waals surface area contributed by atoms with Gasteiger partial charge in [0.25, 0.3) is 0 Å². The van der Waals surface area contributed by atoms with Gasteiger partial charge in [0, 0.05) is 12.1 Å². The first kappa shape index (κ1) is 12.7. The van der Waals surface area contributed by atoms with Crippen LogP contribution in [0.4, 0.5) is 4.79 Å². The Morgan fingerprint density at radius 1 is 1.35 bits per heavy atom. The van der Waals surface area contributed by atoms with Crippen molar-refractivity contribution in [2.24, 2.45) is 5.92 Å². The zero-order valence-corrected chi connectivity index (χ0v) is 10.6. The van der Waals surface area contributed by atoms with Gasteiger partial charge in [0.05, 0.1) is 6.10 Å². The molecular weight excluding hydrogens is 216 g/mol. The minimum atomic E-state index is -0.211. The summed E-state index contributed by atoms with van der Waals surface area (Å²) in [6.07, 6.45) is 7.31. The molecule has 1 unspecified atom stereocenters. The Labute approximate surface area is 103 Å². The fourth-order valence-corrected chi connectivity index (χ4v) is 3.01. The SMILES string of the molecule is CCC(NC(=O)NC1CC(O)C1)C1CCCC1. The maximum Gasteiger partial charge on any atom is 0.315 e. The van der Waals surface area contributed by atoms with Gasteiger partial charge in [0.15, 0.2) is 0 Å². The molecule has 0 aromatic heterocycles. The van der Waals surface area contributed by atoms with Gasteiger partial charge in [-0.2, -0.15) is 0 Å². The van der Waals surface area contributed by atoms with E-state index in [2.05, 4.69) is 17.6 Å². The summed E-state index contributed by atoms with van der Waals surface area (Å²) in [5, 5.41) is 15.2. The van der Waals surface area contributed by atoms with Crippen LogP contribution in [0.2, 0.25) is 0 Å². The minimum Gasteiger partial charge on any atom is -0.393 e. The molecular formula is C13H24N2O2. The largest absolute Gasteiger partial charge is 0.393 e. The van der Waals surface area contributed by atoms with E-state index in [9.17, 15) is 4.79 Å². The molecule has 0 radical (unpaired) electrons. The first-order chi connectivity index (χ1) is 8.19. The van der Waals surface area contributed by atoms with Crippen molar-refractivity contribution in [1.82, 2.24) is 10.6 Å². The molecule has 0 heterocycles. The third kappa shape index (κ3) is 3.35. The summed E-state index contributed by atoms with van der Waals surface area (Å²) in [6.45, 7) is 2.14. The predicted octanol–water partition coefficient (Wildman–Crippen LogP) is 1.78. The number of hydrogen-bond donors (Lipinski definition) is 3. The Morgan fingerprint density at radius 2 is 2.00 bits per heavy atom. The highest BCUT2D eigenvalue weighted by molar-refractivity contribution is 5.74. The molecule has 4 heteroatoms. The lowest BCUT2D eigenvalue weighted by Crippen LogP contribution is -2.53. The molecule has 2 aliphatic carbocycles. The molecule has 0 aromatic rings. The molecule has 2 saturated carbocycles. The smallest absolute Gasteiger partial charge is 0.315 e. The number of aliphatic hydroxyl groups is 1. The fourth-order valence-electron chi connectivity index (χ4n) is 3.01. The first-order valence-corrected chi connectivity index (χ1v) is 6.94. The van der Waals surface area contributed by atoms with Crippen LogP contribution in [0.1, 0.15) is 51.9 Å². The Kier molecular flexibility index (Phi) is 4.26. The summed E-state index contributed by atoms with van der Waals surface area (Å²) in [5.41, 5.74) is 0. The van der Waals surface area contributed by atoms with Crippen molar-refractivity contribution in [3.63, 3.8) is 0 Å². The minimum absolute atomic E-state index is 0.0550. The van der Waals surface area contributed by atoms with E-state index in [1.54, 1.807) is 0 Å². The maximum absolute atomic E-state index is 11.8. The van der Waals surface area contributed by atoms with E-state index in [4.69, 9.17) is 5.11 Å². The van der Waals surface area contributed by atoms with Crippen LogP contribution in [0.25, 0.3) is 0 Å². The molecule has 0 spiro atoms. The topological polar surface area (TPSA) is 61.4 Å². The number of urea groups is 1. The van der Waals surface area contributed by atoms with E-state index >= 15 is 0 Å². The summed E-state index contributed by atoms with van der Waals surface area (Å²) in [5.74, 6) is 0.665. The van der Waals surface area contributed by atoms with Gasteiger partial charge in [-0.1, -0.05) is 19.8 Å². The van der Waals surface area contributed by atoms with Crippen LogP contribution in [-0.4, -0.2) is 29.3 Å². The molecule has 0 saturated heterocycles. The van der Waals surface area contributed by atoms with Crippen molar-refractivity contribution < 1.29 is 9.90 Å². The van der Waals surface area contributed by atoms with E-state index in [-0.39, 0.29) is 18.2 Å². The van der Waals surface area contributed by atoms with Crippen molar-refractivity contribution in [2.75, 3.05) is 0 Å². The van der Waals surface area contributed by atoms with Gasteiger partial charge in [0.2, 0.25) is 0 Å². The number of nitrogens with one attached hydrogen (secondary N) is 2. The van der Waals surface area contributed by atoms with Gasteiger partial charge in [0.1, 0.15) is 0 Å². The number of hydrogen-bond acceptors (Lipinski definition) is 2. The lowest BCUT2D eigenvalue weighted by Gasteiger charge is -2.33. The van der Waals surface area contributed by atoms with E-state index in [0.29, 0.717) is 24.8 Å². The van der Waals surface area contributed by atoms with Crippen LogP contribution in [0, 0.1) is 5.92 Å². The second-order valence-electron chi connectivity index (χ2n) is 5.50. The predicted molar refractivity (Wildman–Crippen MR) is 66.7 cm³/mol. The molecule has 0 bridgehead atoms. The van der Waals surface area contributed by atoms with Crippen LogP contribution in [0.5, 0.6) is 0 Å². The van der Waals surface area contributed by atoms with Crippen molar-refractivity contribution >= 4 is 6.03 Å². The number of carbonyl (C=O) groups is 1. The molecule has 0 aromatic carbocycles. The molecule has 98 valence electrons. The number of aliphatic hydroxyl groups excluding tert-OH is 1. The standard InChI is InChI=1S/C13H24N2O2/c1-2-12(9-5-3-4-6-9)15-13(17)14-10-7-11(16)8-10/h9-12,16H,2-8H2,1H3,(H2,14,15,17). The summed E-state index contributed by atoms with van der Waals surface area (Å²) in [4.78, 5) is 11.8. The van der Waals surface area contributed by atoms with E-state index in [0.717, 1.165) is 6.42 Å². The quantitative estimate of drug-likeness (QED) is 0.701. The average molecular weight is 240 g/mol. The van der Waals surface area contributed by atoms with Crippen LogP contribution >= 0.6 is 0 Å². The van der Waals surface area contributed by atoms with Crippen LogP contribution in [-0.2, 0) is 0 Å². The maximum atomic E-state index is 11.8.